The molecule has 84 valence electrons. The van der Waals surface area contributed by atoms with E-state index in [-0.39, 0.29) is 0 Å². The van der Waals surface area contributed by atoms with E-state index in [9.17, 15) is 4.79 Å². The lowest BCUT2D eigenvalue weighted by atomic mass is 10.3. The summed E-state index contributed by atoms with van der Waals surface area (Å²) in [6.07, 6.45) is 1.71. The van der Waals surface area contributed by atoms with Gasteiger partial charge in [-0.3, -0.25) is 4.57 Å². The second kappa shape index (κ2) is 3.71. The maximum Gasteiger partial charge on any atom is 0.346 e. The summed E-state index contributed by atoms with van der Waals surface area (Å²) in [7, 11) is 0. The van der Waals surface area contributed by atoms with E-state index in [2.05, 4.69) is 4.98 Å². The van der Waals surface area contributed by atoms with E-state index in [1.54, 1.807) is 12.4 Å². The first-order chi connectivity index (χ1) is 8.25. The average molecular weight is 244 g/mol. The summed E-state index contributed by atoms with van der Waals surface area (Å²) in [5, 5.41) is 8.94. The van der Waals surface area contributed by atoms with Crippen molar-refractivity contribution in [3.05, 3.63) is 47.6 Å². The molecular weight excluding hydrogens is 236 g/mol. The Balaban J connectivity index is 2.21. The zero-order valence-electron chi connectivity index (χ0n) is 8.70. The van der Waals surface area contributed by atoms with Crippen molar-refractivity contribution >= 4 is 27.7 Å². The highest BCUT2D eigenvalue weighted by atomic mass is 32.1. The molecule has 0 aliphatic rings. The average Bonchev–Trinajstić information content (AvgIpc) is 2.89. The maximum absolute atomic E-state index is 10.9. The van der Waals surface area contributed by atoms with Gasteiger partial charge < -0.3 is 5.11 Å². The molecule has 17 heavy (non-hydrogen) atoms. The summed E-state index contributed by atoms with van der Waals surface area (Å²) in [4.78, 5) is 16.3. The van der Waals surface area contributed by atoms with Crippen LogP contribution >= 0.6 is 11.3 Å². The Kier molecular flexibility index (Phi) is 2.19. The lowest BCUT2D eigenvalue weighted by molar-refractivity contribution is 0.0702. The van der Waals surface area contributed by atoms with Gasteiger partial charge in [0.1, 0.15) is 21.6 Å². The molecule has 2 heterocycles. The number of aromatic carboxylic acids is 1. The molecular formula is C12H8N2O2S. The number of carbonyl (C=O) groups is 1. The van der Waals surface area contributed by atoms with E-state index in [1.165, 1.54) is 11.3 Å². The Morgan fingerprint density at radius 1 is 1.29 bits per heavy atom. The van der Waals surface area contributed by atoms with Crippen molar-refractivity contribution in [1.29, 1.82) is 0 Å². The topological polar surface area (TPSA) is 55.1 Å². The number of thiophene rings is 1. The van der Waals surface area contributed by atoms with Crippen LogP contribution in [0.15, 0.2) is 42.7 Å². The molecule has 5 heteroatoms. The van der Waals surface area contributed by atoms with E-state index >= 15 is 0 Å². The lowest BCUT2D eigenvalue weighted by Crippen LogP contribution is -1.91. The molecule has 2 aromatic heterocycles. The minimum atomic E-state index is -0.910. The number of imidazole rings is 1. The number of aromatic nitrogens is 2. The van der Waals surface area contributed by atoms with Crippen molar-refractivity contribution in [3.63, 3.8) is 0 Å². The van der Waals surface area contributed by atoms with Crippen LogP contribution in [0.5, 0.6) is 0 Å². The molecule has 0 saturated carbocycles. The number of carboxylic acid groups (broad SMARTS) is 1. The normalized spacial score (nSPS) is 10.8. The SMILES string of the molecule is O=C(O)c1cc2ncn(-c3ccccc3)c2s1. The number of hydrogen-bond donors (Lipinski definition) is 1. The molecule has 0 unspecified atom stereocenters. The van der Waals surface area contributed by atoms with Crippen molar-refractivity contribution in [2.75, 3.05) is 0 Å². The quantitative estimate of drug-likeness (QED) is 0.754. The minimum Gasteiger partial charge on any atom is -0.477 e. The molecule has 1 aromatic carbocycles. The Morgan fingerprint density at radius 3 is 2.76 bits per heavy atom. The van der Waals surface area contributed by atoms with Gasteiger partial charge in [-0.05, 0) is 18.2 Å². The maximum atomic E-state index is 10.9. The second-order valence-electron chi connectivity index (χ2n) is 3.56. The Bertz CT molecular complexity index is 685. The summed E-state index contributed by atoms with van der Waals surface area (Å²) in [6.45, 7) is 0. The van der Waals surface area contributed by atoms with Gasteiger partial charge in [-0.15, -0.1) is 11.3 Å². The van der Waals surface area contributed by atoms with Crippen LogP contribution in [0.4, 0.5) is 0 Å². The molecule has 1 N–H and O–H groups in total. The Morgan fingerprint density at radius 2 is 2.06 bits per heavy atom. The van der Waals surface area contributed by atoms with Gasteiger partial charge in [0, 0.05) is 5.69 Å². The molecule has 0 saturated heterocycles. The fourth-order valence-corrected chi connectivity index (χ4v) is 2.62. The summed E-state index contributed by atoms with van der Waals surface area (Å²) in [5.41, 5.74) is 1.70. The molecule has 0 bridgehead atoms. The molecule has 0 atom stereocenters. The van der Waals surface area contributed by atoms with E-state index in [1.807, 2.05) is 34.9 Å². The molecule has 0 amide bonds. The number of hydrogen-bond acceptors (Lipinski definition) is 3. The third-order valence-electron chi connectivity index (χ3n) is 2.47. The first-order valence-electron chi connectivity index (χ1n) is 5.01. The van der Waals surface area contributed by atoms with Crippen LogP contribution in [0.25, 0.3) is 16.0 Å². The fourth-order valence-electron chi connectivity index (χ4n) is 1.69. The molecule has 3 aromatic rings. The van der Waals surface area contributed by atoms with Gasteiger partial charge in [0.15, 0.2) is 0 Å². The molecule has 0 aliphatic carbocycles. The number of rotatable bonds is 2. The van der Waals surface area contributed by atoms with E-state index in [0.29, 0.717) is 4.88 Å². The largest absolute Gasteiger partial charge is 0.477 e. The van der Waals surface area contributed by atoms with E-state index in [4.69, 9.17) is 5.11 Å². The van der Waals surface area contributed by atoms with Crippen molar-refractivity contribution in [2.24, 2.45) is 0 Å². The van der Waals surface area contributed by atoms with Crippen molar-refractivity contribution in [3.8, 4) is 5.69 Å². The molecule has 0 fully saturated rings. The van der Waals surface area contributed by atoms with Gasteiger partial charge in [0.25, 0.3) is 0 Å². The van der Waals surface area contributed by atoms with Crippen molar-refractivity contribution < 1.29 is 9.90 Å². The number of nitrogens with zero attached hydrogens (tertiary/aromatic N) is 2. The standard InChI is InChI=1S/C12H8N2O2S/c15-12(16)10-6-9-11(17-10)14(7-13-9)8-4-2-1-3-5-8/h1-7H,(H,15,16). The van der Waals surface area contributed by atoms with Gasteiger partial charge in [0.05, 0.1) is 0 Å². The lowest BCUT2D eigenvalue weighted by Gasteiger charge is -2.00. The van der Waals surface area contributed by atoms with Crippen LogP contribution in [0.2, 0.25) is 0 Å². The van der Waals surface area contributed by atoms with Crippen LogP contribution in [0, 0.1) is 0 Å². The van der Waals surface area contributed by atoms with E-state index in [0.717, 1.165) is 16.0 Å². The van der Waals surface area contributed by atoms with Gasteiger partial charge in [-0.2, -0.15) is 0 Å². The highest BCUT2D eigenvalue weighted by Crippen LogP contribution is 2.27. The third kappa shape index (κ3) is 1.60. The van der Waals surface area contributed by atoms with Crippen LogP contribution < -0.4 is 0 Å². The summed E-state index contributed by atoms with van der Waals surface area (Å²) in [5.74, 6) is -0.910. The minimum absolute atomic E-state index is 0.313. The monoisotopic (exact) mass is 244 g/mol. The second-order valence-corrected chi connectivity index (χ2v) is 4.59. The first-order valence-corrected chi connectivity index (χ1v) is 5.83. The van der Waals surface area contributed by atoms with E-state index < -0.39 is 5.97 Å². The van der Waals surface area contributed by atoms with Crippen molar-refractivity contribution in [1.82, 2.24) is 9.55 Å². The highest BCUT2D eigenvalue weighted by molar-refractivity contribution is 7.20. The van der Waals surface area contributed by atoms with Crippen LogP contribution in [0.3, 0.4) is 0 Å². The molecule has 0 spiro atoms. The molecule has 0 radical (unpaired) electrons. The summed E-state index contributed by atoms with van der Waals surface area (Å²) >= 11 is 1.23. The first kappa shape index (κ1) is 10.0. The zero-order chi connectivity index (χ0) is 11.8. The molecule has 3 rings (SSSR count). The number of para-hydroxylation sites is 1. The number of carboxylic acids is 1. The van der Waals surface area contributed by atoms with Crippen molar-refractivity contribution in [2.45, 2.75) is 0 Å². The smallest absolute Gasteiger partial charge is 0.346 e. The molecule has 0 aliphatic heterocycles. The van der Waals surface area contributed by atoms with Gasteiger partial charge in [0.2, 0.25) is 0 Å². The van der Waals surface area contributed by atoms with Gasteiger partial charge in [-0.1, -0.05) is 18.2 Å². The number of fused-ring (bicyclic) bond motifs is 1. The summed E-state index contributed by atoms with van der Waals surface area (Å²) in [6, 6.07) is 11.3. The van der Waals surface area contributed by atoms with Crippen LogP contribution in [-0.4, -0.2) is 20.6 Å². The highest BCUT2D eigenvalue weighted by Gasteiger charge is 2.13. The zero-order valence-corrected chi connectivity index (χ0v) is 9.52. The fraction of sp³-hybridized carbons (Fsp3) is 0. The van der Waals surface area contributed by atoms with Gasteiger partial charge in [-0.25, -0.2) is 9.78 Å². The predicted octanol–water partition coefficient (Wildman–Crippen LogP) is 2.79. The Hall–Kier alpha value is -2.14. The number of benzene rings is 1. The summed E-state index contributed by atoms with van der Waals surface area (Å²) < 4.78 is 1.90. The molecule has 4 nitrogen and oxygen atoms in total. The van der Waals surface area contributed by atoms with Crippen LogP contribution in [-0.2, 0) is 0 Å². The van der Waals surface area contributed by atoms with Crippen LogP contribution in [0.1, 0.15) is 9.67 Å². The third-order valence-corrected chi connectivity index (χ3v) is 3.58. The Labute approximate surface area is 101 Å². The predicted molar refractivity (Wildman–Crippen MR) is 65.9 cm³/mol. The van der Waals surface area contributed by atoms with Gasteiger partial charge >= 0.3 is 5.97 Å².